The molecule has 1 amide bonds. The fraction of sp³-hybridized carbons (Fsp3) is 0.462. The Morgan fingerprint density at radius 2 is 1.94 bits per heavy atom. The SMILES string of the molecule is O=C(NCC1CCNCC1)c1ccc(O)cc1. The van der Waals surface area contributed by atoms with E-state index in [1.807, 2.05) is 0 Å². The Morgan fingerprint density at radius 1 is 1.29 bits per heavy atom. The van der Waals surface area contributed by atoms with Crippen LogP contribution in [0.15, 0.2) is 24.3 Å². The molecule has 1 heterocycles. The Hall–Kier alpha value is -1.55. The van der Waals surface area contributed by atoms with E-state index in [2.05, 4.69) is 10.6 Å². The van der Waals surface area contributed by atoms with Gasteiger partial charge in [-0.25, -0.2) is 0 Å². The summed E-state index contributed by atoms with van der Waals surface area (Å²) < 4.78 is 0. The van der Waals surface area contributed by atoms with Gasteiger partial charge in [0.2, 0.25) is 0 Å². The lowest BCUT2D eigenvalue weighted by atomic mass is 9.98. The Labute approximate surface area is 101 Å². The summed E-state index contributed by atoms with van der Waals surface area (Å²) >= 11 is 0. The number of nitrogens with one attached hydrogen (secondary N) is 2. The standard InChI is InChI=1S/C13H18N2O2/c16-12-3-1-11(2-4-12)13(17)15-9-10-5-7-14-8-6-10/h1-4,10,14,16H,5-9H2,(H,15,17). The largest absolute Gasteiger partial charge is 0.508 e. The van der Waals surface area contributed by atoms with Crippen LogP contribution in [0.1, 0.15) is 23.2 Å². The topological polar surface area (TPSA) is 61.4 Å². The summed E-state index contributed by atoms with van der Waals surface area (Å²) in [5.41, 5.74) is 0.594. The molecule has 4 nitrogen and oxygen atoms in total. The fourth-order valence-electron chi connectivity index (χ4n) is 2.04. The van der Waals surface area contributed by atoms with E-state index in [0.29, 0.717) is 11.5 Å². The number of benzene rings is 1. The molecule has 17 heavy (non-hydrogen) atoms. The van der Waals surface area contributed by atoms with Gasteiger partial charge in [-0.3, -0.25) is 4.79 Å². The number of hydrogen-bond acceptors (Lipinski definition) is 3. The third kappa shape index (κ3) is 3.46. The van der Waals surface area contributed by atoms with E-state index in [0.717, 1.165) is 32.5 Å². The number of carbonyl (C=O) groups excluding carboxylic acids is 1. The van der Waals surface area contributed by atoms with Crippen LogP contribution in [0.4, 0.5) is 0 Å². The van der Waals surface area contributed by atoms with Gasteiger partial charge in [-0.1, -0.05) is 0 Å². The van der Waals surface area contributed by atoms with Crippen molar-refractivity contribution in [2.45, 2.75) is 12.8 Å². The lowest BCUT2D eigenvalue weighted by Crippen LogP contribution is -2.35. The third-order valence-corrected chi connectivity index (χ3v) is 3.14. The van der Waals surface area contributed by atoms with Gasteiger partial charge in [0.1, 0.15) is 5.75 Å². The van der Waals surface area contributed by atoms with E-state index < -0.39 is 0 Å². The van der Waals surface area contributed by atoms with Crippen molar-refractivity contribution >= 4 is 5.91 Å². The zero-order valence-electron chi connectivity index (χ0n) is 9.78. The number of phenolic OH excluding ortho intramolecular Hbond substituents is 1. The van der Waals surface area contributed by atoms with E-state index in [9.17, 15) is 4.79 Å². The second-order valence-electron chi connectivity index (χ2n) is 4.45. The molecule has 0 atom stereocenters. The number of amides is 1. The van der Waals surface area contributed by atoms with Crippen LogP contribution < -0.4 is 10.6 Å². The molecule has 0 radical (unpaired) electrons. The average Bonchev–Trinajstić information content (AvgIpc) is 2.38. The van der Waals surface area contributed by atoms with Crippen molar-refractivity contribution in [1.82, 2.24) is 10.6 Å². The molecule has 0 unspecified atom stereocenters. The molecule has 1 saturated heterocycles. The van der Waals surface area contributed by atoms with E-state index in [4.69, 9.17) is 5.11 Å². The summed E-state index contributed by atoms with van der Waals surface area (Å²) in [4.78, 5) is 11.8. The number of carbonyl (C=O) groups is 1. The van der Waals surface area contributed by atoms with Gasteiger partial charge < -0.3 is 15.7 Å². The van der Waals surface area contributed by atoms with Crippen LogP contribution in [0.3, 0.4) is 0 Å². The molecule has 3 N–H and O–H groups in total. The molecule has 1 aromatic carbocycles. The zero-order chi connectivity index (χ0) is 12.1. The van der Waals surface area contributed by atoms with E-state index in [-0.39, 0.29) is 11.7 Å². The van der Waals surface area contributed by atoms with Crippen LogP contribution in [-0.4, -0.2) is 30.6 Å². The first-order chi connectivity index (χ1) is 8.25. The van der Waals surface area contributed by atoms with Crippen LogP contribution in [0.2, 0.25) is 0 Å². The maximum absolute atomic E-state index is 11.8. The van der Waals surface area contributed by atoms with E-state index in [1.165, 1.54) is 12.1 Å². The molecule has 1 aliphatic heterocycles. The second-order valence-corrected chi connectivity index (χ2v) is 4.45. The fourth-order valence-corrected chi connectivity index (χ4v) is 2.04. The highest BCUT2D eigenvalue weighted by atomic mass is 16.3. The van der Waals surface area contributed by atoms with Gasteiger partial charge in [-0.05, 0) is 56.1 Å². The number of piperidine rings is 1. The van der Waals surface area contributed by atoms with Gasteiger partial charge in [0.05, 0.1) is 0 Å². The minimum absolute atomic E-state index is 0.0662. The first kappa shape index (κ1) is 11.9. The Kier molecular flexibility index (Phi) is 3.98. The molecule has 4 heteroatoms. The molecule has 1 aliphatic rings. The minimum atomic E-state index is -0.0662. The highest BCUT2D eigenvalue weighted by molar-refractivity contribution is 5.94. The smallest absolute Gasteiger partial charge is 0.251 e. The first-order valence-corrected chi connectivity index (χ1v) is 6.03. The van der Waals surface area contributed by atoms with Crippen molar-refractivity contribution in [1.29, 1.82) is 0 Å². The average molecular weight is 234 g/mol. The summed E-state index contributed by atoms with van der Waals surface area (Å²) in [6.45, 7) is 2.82. The maximum Gasteiger partial charge on any atom is 0.251 e. The first-order valence-electron chi connectivity index (χ1n) is 6.03. The lowest BCUT2D eigenvalue weighted by molar-refractivity contribution is 0.0944. The van der Waals surface area contributed by atoms with Crippen LogP contribution in [0, 0.1) is 5.92 Å². The Balaban J connectivity index is 1.82. The molecule has 0 aliphatic carbocycles. The molecule has 0 bridgehead atoms. The molecule has 0 saturated carbocycles. The molecule has 0 aromatic heterocycles. The zero-order valence-corrected chi connectivity index (χ0v) is 9.78. The lowest BCUT2D eigenvalue weighted by Gasteiger charge is -2.22. The van der Waals surface area contributed by atoms with Gasteiger partial charge >= 0.3 is 0 Å². The predicted octanol–water partition coefficient (Wildman–Crippen LogP) is 1.12. The number of rotatable bonds is 3. The summed E-state index contributed by atoms with van der Waals surface area (Å²) in [6, 6.07) is 6.32. The molecular weight excluding hydrogens is 216 g/mol. The van der Waals surface area contributed by atoms with Crippen LogP contribution in [0.25, 0.3) is 0 Å². The summed E-state index contributed by atoms with van der Waals surface area (Å²) in [5.74, 6) is 0.695. The molecule has 1 aromatic rings. The molecular formula is C13H18N2O2. The van der Waals surface area contributed by atoms with Crippen molar-refractivity contribution in [3.8, 4) is 5.75 Å². The quantitative estimate of drug-likeness (QED) is 0.734. The number of phenols is 1. The van der Waals surface area contributed by atoms with Crippen molar-refractivity contribution < 1.29 is 9.90 Å². The number of hydrogen-bond donors (Lipinski definition) is 3. The van der Waals surface area contributed by atoms with E-state index in [1.54, 1.807) is 12.1 Å². The predicted molar refractivity (Wildman–Crippen MR) is 66.0 cm³/mol. The highest BCUT2D eigenvalue weighted by Crippen LogP contribution is 2.12. The second kappa shape index (κ2) is 5.68. The molecule has 1 fully saturated rings. The van der Waals surface area contributed by atoms with Gasteiger partial charge in [0, 0.05) is 12.1 Å². The molecule has 2 rings (SSSR count). The maximum atomic E-state index is 11.8. The number of aromatic hydroxyl groups is 1. The Morgan fingerprint density at radius 3 is 2.59 bits per heavy atom. The van der Waals surface area contributed by atoms with Crippen LogP contribution in [-0.2, 0) is 0 Å². The summed E-state index contributed by atoms with van der Waals surface area (Å²) in [6.07, 6.45) is 2.24. The molecule has 92 valence electrons. The summed E-state index contributed by atoms with van der Waals surface area (Å²) in [7, 11) is 0. The highest BCUT2D eigenvalue weighted by Gasteiger charge is 2.14. The van der Waals surface area contributed by atoms with Gasteiger partial charge in [0.25, 0.3) is 5.91 Å². The monoisotopic (exact) mass is 234 g/mol. The summed E-state index contributed by atoms with van der Waals surface area (Å²) in [5, 5.41) is 15.4. The third-order valence-electron chi connectivity index (χ3n) is 3.14. The van der Waals surface area contributed by atoms with Crippen molar-refractivity contribution in [3.05, 3.63) is 29.8 Å². The van der Waals surface area contributed by atoms with Crippen molar-refractivity contribution in [2.24, 2.45) is 5.92 Å². The minimum Gasteiger partial charge on any atom is -0.508 e. The van der Waals surface area contributed by atoms with Crippen molar-refractivity contribution in [3.63, 3.8) is 0 Å². The molecule has 0 spiro atoms. The van der Waals surface area contributed by atoms with Crippen LogP contribution in [0.5, 0.6) is 5.75 Å². The van der Waals surface area contributed by atoms with Gasteiger partial charge in [-0.2, -0.15) is 0 Å². The van der Waals surface area contributed by atoms with E-state index >= 15 is 0 Å². The van der Waals surface area contributed by atoms with Gasteiger partial charge in [0.15, 0.2) is 0 Å². The Bertz CT molecular complexity index is 370. The van der Waals surface area contributed by atoms with Crippen LogP contribution >= 0.6 is 0 Å². The van der Waals surface area contributed by atoms with Crippen molar-refractivity contribution in [2.75, 3.05) is 19.6 Å². The normalized spacial score (nSPS) is 16.7. The van der Waals surface area contributed by atoms with Gasteiger partial charge in [-0.15, -0.1) is 0 Å².